The van der Waals surface area contributed by atoms with Gasteiger partial charge in [-0.05, 0) is 19.8 Å². The summed E-state index contributed by atoms with van der Waals surface area (Å²) in [5.41, 5.74) is 5.23. The van der Waals surface area contributed by atoms with Crippen molar-refractivity contribution in [3.05, 3.63) is 5.01 Å². The monoisotopic (exact) mass is 292 g/mol. The highest BCUT2D eigenvalue weighted by atomic mass is 35.5. The molecular weight excluding hydrogens is 276 g/mol. The zero-order chi connectivity index (χ0) is 12.3. The molecule has 102 valence electrons. The van der Waals surface area contributed by atoms with Gasteiger partial charge in [0.1, 0.15) is 5.01 Å². The van der Waals surface area contributed by atoms with Crippen molar-refractivity contribution in [3.63, 3.8) is 0 Å². The van der Waals surface area contributed by atoms with E-state index >= 15 is 0 Å². The number of hydrogen-bond donors (Lipinski definition) is 2. The molecule has 3 N–H and O–H groups in total. The molecule has 0 saturated carbocycles. The van der Waals surface area contributed by atoms with Crippen molar-refractivity contribution in [3.8, 4) is 0 Å². The minimum atomic E-state index is -0.516. The third-order valence-corrected chi connectivity index (χ3v) is 3.82. The van der Waals surface area contributed by atoms with Crippen molar-refractivity contribution in [2.45, 2.75) is 19.8 Å². The zero-order valence-electron chi connectivity index (χ0n) is 10.1. The Morgan fingerprint density at radius 1 is 1.50 bits per heavy atom. The Bertz CT molecular complexity index is 406. The molecule has 1 saturated heterocycles. The molecular formula is C10H17ClN4O2S. The van der Waals surface area contributed by atoms with Gasteiger partial charge in [-0.3, -0.25) is 10.1 Å². The lowest BCUT2D eigenvalue weighted by Crippen LogP contribution is -2.46. The number of nitrogens with two attached hydrogens (primary N) is 1. The van der Waals surface area contributed by atoms with Crippen LogP contribution in [-0.2, 0) is 9.53 Å². The Balaban J connectivity index is 0.00000162. The topological polar surface area (TPSA) is 90.1 Å². The minimum absolute atomic E-state index is 0. The number of amides is 1. The first-order valence-corrected chi connectivity index (χ1v) is 6.37. The number of anilines is 1. The van der Waals surface area contributed by atoms with Gasteiger partial charge in [-0.2, -0.15) is 0 Å². The van der Waals surface area contributed by atoms with E-state index in [-0.39, 0.29) is 18.3 Å². The van der Waals surface area contributed by atoms with E-state index in [0.29, 0.717) is 37.7 Å². The lowest BCUT2D eigenvalue weighted by Gasteiger charge is -2.34. The highest BCUT2D eigenvalue weighted by Gasteiger charge is 2.39. The van der Waals surface area contributed by atoms with E-state index in [9.17, 15) is 4.79 Å². The second-order valence-corrected chi connectivity index (χ2v) is 5.36. The van der Waals surface area contributed by atoms with E-state index in [2.05, 4.69) is 15.5 Å². The number of aryl methyl sites for hydroxylation is 1. The lowest BCUT2D eigenvalue weighted by molar-refractivity contribution is -0.130. The van der Waals surface area contributed by atoms with Gasteiger partial charge in [-0.25, -0.2) is 0 Å². The van der Waals surface area contributed by atoms with E-state index in [1.54, 1.807) is 0 Å². The van der Waals surface area contributed by atoms with Crippen LogP contribution in [0, 0.1) is 12.3 Å². The van der Waals surface area contributed by atoms with Crippen LogP contribution < -0.4 is 11.1 Å². The molecule has 0 unspecified atom stereocenters. The van der Waals surface area contributed by atoms with Crippen molar-refractivity contribution in [2.75, 3.05) is 25.1 Å². The molecule has 1 amide bonds. The van der Waals surface area contributed by atoms with Crippen molar-refractivity contribution < 1.29 is 9.53 Å². The number of ether oxygens (including phenoxy) is 1. The summed E-state index contributed by atoms with van der Waals surface area (Å²) in [6, 6.07) is 0. The van der Waals surface area contributed by atoms with Gasteiger partial charge < -0.3 is 10.5 Å². The zero-order valence-corrected chi connectivity index (χ0v) is 11.8. The number of hydrogen-bond acceptors (Lipinski definition) is 6. The number of carbonyl (C=O) groups is 1. The van der Waals surface area contributed by atoms with Crippen LogP contribution in [0.3, 0.4) is 0 Å². The SMILES string of the molecule is Cc1nnc(NC(=O)C2(CN)CCOCC2)s1.Cl. The summed E-state index contributed by atoms with van der Waals surface area (Å²) in [7, 11) is 0. The van der Waals surface area contributed by atoms with Gasteiger partial charge in [0.25, 0.3) is 0 Å². The summed E-state index contributed by atoms with van der Waals surface area (Å²) in [5, 5.41) is 11.9. The molecule has 1 aromatic heterocycles. The number of aromatic nitrogens is 2. The molecule has 2 heterocycles. The smallest absolute Gasteiger partial charge is 0.233 e. The van der Waals surface area contributed by atoms with Crippen LogP contribution in [0.5, 0.6) is 0 Å². The van der Waals surface area contributed by atoms with Gasteiger partial charge >= 0.3 is 0 Å². The third kappa shape index (κ3) is 3.17. The first kappa shape index (κ1) is 15.3. The van der Waals surface area contributed by atoms with Crippen LogP contribution in [-0.4, -0.2) is 35.9 Å². The van der Waals surface area contributed by atoms with Crippen LogP contribution in [0.25, 0.3) is 0 Å². The van der Waals surface area contributed by atoms with Gasteiger partial charge in [-0.1, -0.05) is 11.3 Å². The first-order valence-electron chi connectivity index (χ1n) is 5.56. The average molecular weight is 293 g/mol. The summed E-state index contributed by atoms with van der Waals surface area (Å²) in [6.07, 6.45) is 1.32. The molecule has 2 rings (SSSR count). The molecule has 1 aliphatic heterocycles. The number of nitrogens with one attached hydrogen (secondary N) is 1. The molecule has 1 aromatic rings. The largest absolute Gasteiger partial charge is 0.381 e. The van der Waals surface area contributed by atoms with E-state index < -0.39 is 5.41 Å². The van der Waals surface area contributed by atoms with Gasteiger partial charge in [0.05, 0.1) is 5.41 Å². The van der Waals surface area contributed by atoms with Crippen LogP contribution in [0.1, 0.15) is 17.8 Å². The maximum atomic E-state index is 12.2. The fourth-order valence-corrected chi connectivity index (χ4v) is 2.45. The van der Waals surface area contributed by atoms with Crippen LogP contribution >= 0.6 is 23.7 Å². The second kappa shape index (κ2) is 6.42. The Morgan fingerprint density at radius 3 is 2.67 bits per heavy atom. The predicted octanol–water partition coefficient (Wildman–Crippen LogP) is 0.962. The first-order chi connectivity index (χ1) is 8.16. The van der Waals surface area contributed by atoms with E-state index in [4.69, 9.17) is 10.5 Å². The van der Waals surface area contributed by atoms with Crippen LogP contribution in [0.2, 0.25) is 0 Å². The summed E-state index contributed by atoms with van der Waals surface area (Å²) in [5.74, 6) is -0.0700. The molecule has 1 fully saturated rings. The molecule has 8 heteroatoms. The second-order valence-electron chi connectivity index (χ2n) is 4.18. The van der Waals surface area contributed by atoms with E-state index in [1.165, 1.54) is 11.3 Å². The minimum Gasteiger partial charge on any atom is -0.381 e. The van der Waals surface area contributed by atoms with Gasteiger partial charge in [0, 0.05) is 19.8 Å². The van der Waals surface area contributed by atoms with E-state index in [0.717, 1.165) is 5.01 Å². The summed E-state index contributed by atoms with van der Waals surface area (Å²) in [4.78, 5) is 12.2. The fraction of sp³-hybridized carbons (Fsp3) is 0.700. The number of halogens is 1. The average Bonchev–Trinajstić information content (AvgIpc) is 2.75. The Labute approximate surface area is 116 Å². The van der Waals surface area contributed by atoms with Crippen LogP contribution in [0.4, 0.5) is 5.13 Å². The van der Waals surface area contributed by atoms with Gasteiger partial charge in [0.15, 0.2) is 0 Å². The fourth-order valence-electron chi connectivity index (χ4n) is 1.86. The maximum absolute atomic E-state index is 12.2. The predicted molar refractivity (Wildman–Crippen MR) is 72.1 cm³/mol. The molecule has 0 atom stereocenters. The highest BCUT2D eigenvalue weighted by molar-refractivity contribution is 7.15. The summed E-state index contributed by atoms with van der Waals surface area (Å²) < 4.78 is 5.27. The normalized spacial score (nSPS) is 17.9. The van der Waals surface area contributed by atoms with Crippen molar-refractivity contribution >= 4 is 34.8 Å². The standard InChI is InChI=1S/C10H16N4O2S.ClH/c1-7-13-14-9(17-7)12-8(15)10(6-11)2-4-16-5-3-10;/h2-6,11H2,1H3,(H,12,14,15);1H. The van der Waals surface area contributed by atoms with Crippen molar-refractivity contribution in [1.29, 1.82) is 0 Å². The van der Waals surface area contributed by atoms with Gasteiger partial charge in [0.2, 0.25) is 11.0 Å². The lowest BCUT2D eigenvalue weighted by atomic mass is 9.79. The molecule has 0 aliphatic carbocycles. The molecule has 0 bridgehead atoms. The summed E-state index contributed by atoms with van der Waals surface area (Å²) >= 11 is 1.36. The number of rotatable bonds is 3. The molecule has 0 radical (unpaired) electrons. The van der Waals surface area contributed by atoms with Gasteiger partial charge in [-0.15, -0.1) is 22.6 Å². The Hall–Kier alpha value is -0.760. The molecule has 0 aromatic carbocycles. The van der Waals surface area contributed by atoms with Crippen molar-refractivity contribution in [2.24, 2.45) is 11.1 Å². The summed E-state index contributed by atoms with van der Waals surface area (Å²) in [6.45, 7) is 3.35. The van der Waals surface area contributed by atoms with Crippen molar-refractivity contribution in [1.82, 2.24) is 10.2 Å². The number of nitrogens with zero attached hydrogens (tertiary/aromatic N) is 2. The molecule has 6 nitrogen and oxygen atoms in total. The maximum Gasteiger partial charge on any atom is 0.233 e. The highest BCUT2D eigenvalue weighted by Crippen LogP contribution is 2.31. The third-order valence-electron chi connectivity index (χ3n) is 3.07. The quantitative estimate of drug-likeness (QED) is 0.866. The number of carbonyl (C=O) groups excluding carboxylic acids is 1. The Kier molecular flexibility index (Phi) is 5.46. The molecule has 0 spiro atoms. The Morgan fingerprint density at radius 2 is 2.17 bits per heavy atom. The van der Waals surface area contributed by atoms with Crippen LogP contribution in [0.15, 0.2) is 0 Å². The van der Waals surface area contributed by atoms with E-state index in [1.807, 2.05) is 6.92 Å². The molecule has 18 heavy (non-hydrogen) atoms. The molecule has 1 aliphatic rings.